The summed E-state index contributed by atoms with van der Waals surface area (Å²) in [6.45, 7) is 15.7. The number of halogens is 2. The fourth-order valence-corrected chi connectivity index (χ4v) is 4.08. The second-order valence-electron chi connectivity index (χ2n) is 10.0. The molecule has 3 heteroatoms. The number of carbonyl (C=O) groups is 1. The lowest BCUT2D eigenvalue weighted by Gasteiger charge is -2.19. The van der Waals surface area contributed by atoms with E-state index in [0.717, 1.165) is 50.1 Å². The largest absolute Gasteiger partial charge is 0.298 e. The fraction of sp³-hybridized carbons (Fsp3) is 0.265. The Balaban J connectivity index is 0.000000206. The van der Waals surface area contributed by atoms with Crippen molar-refractivity contribution in [3.05, 3.63) is 140 Å². The molecule has 0 spiro atoms. The molecule has 37 heavy (non-hydrogen) atoms. The molecule has 0 aliphatic heterocycles. The van der Waals surface area contributed by atoms with E-state index < -0.39 is 5.92 Å². The minimum Gasteiger partial charge on any atom is -0.289 e. The highest BCUT2D eigenvalue weighted by atomic mass is 19.3. The smallest absolute Gasteiger partial charge is 0.289 e. The predicted molar refractivity (Wildman–Crippen MR) is 150 cm³/mol. The Hall–Kier alpha value is -3.59. The van der Waals surface area contributed by atoms with Crippen molar-refractivity contribution in [1.29, 1.82) is 0 Å². The van der Waals surface area contributed by atoms with Crippen molar-refractivity contribution in [3.63, 3.8) is 0 Å². The highest BCUT2D eigenvalue weighted by Gasteiger charge is 2.34. The Kier molecular flexibility index (Phi) is 8.48. The monoisotopic (exact) mass is 498 g/mol. The summed E-state index contributed by atoms with van der Waals surface area (Å²) >= 11 is 0. The summed E-state index contributed by atoms with van der Waals surface area (Å²) in [5, 5.41) is 0. The molecular weight excluding hydrogens is 462 g/mol. The summed E-state index contributed by atoms with van der Waals surface area (Å²) in [6.07, 6.45) is 0. The molecule has 0 saturated heterocycles. The molecular formula is C34H36F2O. The van der Waals surface area contributed by atoms with Crippen LogP contribution in [0.1, 0.15) is 71.6 Å². The number of rotatable bonds is 4. The van der Waals surface area contributed by atoms with Crippen LogP contribution in [0.2, 0.25) is 0 Å². The molecule has 4 aromatic rings. The molecule has 0 radical (unpaired) electrons. The second kappa shape index (κ2) is 11.2. The number of hydrogen-bond acceptors (Lipinski definition) is 1. The molecule has 0 amide bonds. The molecule has 0 fully saturated rings. The average Bonchev–Trinajstić information content (AvgIpc) is 2.85. The zero-order valence-electron chi connectivity index (χ0n) is 23.1. The Morgan fingerprint density at radius 2 is 1.00 bits per heavy atom. The first-order chi connectivity index (χ1) is 17.3. The summed E-state index contributed by atoms with van der Waals surface area (Å²) in [7, 11) is 0. The molecule has 1 nitrogen and oxygen atoms in total. The van der Waals surface area contributed by atoms with E-state index in [2.05, 4.69) is 6.92 Å². The highest BCUT2D eigenvalue weighted by molar-refractivity contribution is 6.10. The van der Waals surface area contributed by atoms with Gasteiger partial charge in [0.2, 0.25) is 0 Å². The standard InChI is InChI=1S/C17H18F2.C17H18O/c1-11-5-7-15(9-13(11)3)17(18,19)16-8-6-12(2)14(4)10-16;1-11-8-9-15(10-13(11)3)17(18)16-7-5-6-12(2)14(16)4/h5-10H,1-4H3;5-10H,1-4H3. The minimum absolute atomic E-state index is 0.0545. The lowest BCUT2D eigenvalue weighted by Crippen LogP contribution is -2.16. The van der Waals surface area contributed by atoms with Crippen LogP contribution in [-0.2, 0) is 5.92 Å². The molecule has 0 N–H and O–H groups in total. The van der Waals surface area contributed by atoms with Crippen LogP contribution in [0, 0.1) is 55.4 Å². The SMILES string of the molecule is Cc1ccc(C(=O)c2cccc(C)c2C)cc1C.Cc1ccc(C(F)(F)c2ccc(C)c(C)c2)cc1C. The fourth-order valence-electron chi connectivity index (χ4n) is 4.08. The van der Waals surface area contributed by atoms with Gasteiger partial charge in [-0.15, -0.1) is 0 Å². The van der Waals surface area contributed by atoms with Crippen molar-refractivity contribution in [2.45, 2.75) is 61.3 Å². The van der Waals surface area contributed by atoms with E-state index in [4.69, 9.17) is 0 Å². The van der Waals surface area contributed by atoms with Gasteiger partial charge in [-0.2, -0.15) is 8.78 Å². The molecule has 192 valence electrons. The average molecular weight is 499 g/mol. The summed E-state index contributed by atoms with van der Waals surface area (Å²) < 4.78 is 29.0. The van der Waals surface area contributed by atoms with Gasteiger partial charge in [0.25, 0.3) is 5.92 Å². The van der Waals surface area contributed by atoms with E-state index in [9.17, 15) is 13.6 Å². The second-order valence-corrected chi connectivity index (χ2v) is 10.0. The van der Waals surface area contributed by atoms with Crippen LogP contribution in [-0.4, -0.2) is 5.78 Å². The van der Waals surface area contributed by atoms with E-state index in [1.54, 1.807) is 24.3 Å². The quantitative estimate of drug-likeness (QED) is 0.256. The van der Waals surface area contributed by atoms with Crippen molar-refractivity contribution in [2.24, 2.45) is 0 Å². The van der Waals surface area contributed by atoms with Crippen LogP contribution in [0.5, 0.6) is 0 Å². The summed E-state index contributed by atoms with van der Waals surface area (Å²) in [4.78, 5) is 12.5. The van der Waals surface area contributed by atoms with E-state index >= 15 is 0 Å². The minimum atomic E-state index is -2.95. The van der Waals surface area contributed by atoms with Crippen LogP contribution in [0.4, 0.5) is 8.78 Å². The zero-order chi connectivity index (χ0) is 27.5. The molecule has 0 unspecified atom stereocenters. The van der Waals surface area contributed by atoms with Gasteiger partial charge in [0.05, 0.1) is 0 Å². The van der Waals surface area contributed by atoms with Gasteiger partial charge in [0, 0.05) is 22.3 Å². The Morgan fingerprint density at radius 1 is 0.541 bits per heavy atom. The number of carbonyl (C=O) groups excluding carboxylic acids is 1. The van der Waals surface area contributed by atoms with Gasteiger partial charge >= 0.3 is 0 Å². The molecule has 0 aromatic heterocycles. The van der Waals surface area contributed by atoms with E-state index in [1.807, 2.05) is 84.9 Å². The predicted octanol–water partition coefficient (Wildman–Crippen LogP) is 9.21. The van der Waals surface area contributed by atoms with Crippen LogP contribution in [0.15, 0.2) is 72.8 Å². The third kappa shape index (κ3) is 6.22. The summed E-state index contributed by atoms with van der Waals surface area (Å²) in [6, 6.07) is 21.4. The molecule has 4 rings (SSSR count). The first-order valence-electron chi connectivity index (χ1n) is 12.5. The van der Waals surface area contributed by atoms with Crippen LogP contribution >= 0.6 is 0 Å². The molecule has 0 aliphatic carbocycles. The maximum Gasteiger partial charge on any atom is 0.298 e. The van der Waals surface area contributed by atoms with Crippen molar-refractivity contribution in [2.75, 3.05) is 0 Å². The van der Waals surface area contributed by atoms with Crippen LogP contribution < -0.4 is 0 Å². The van der Waals surface area contributed by atoms with Crippen LogP contribution in [0.25, 0.3) is 0 Å². The Labute approximate surface area is 220 Å². The van der Waals surface area contributed by atoms with Crippen molar-refractivity contribution < 1.29 is 13.6 Å². The molecule has 0 saturated carbocycles. The number of alkyl halides is 2. The van der Waals surface area contributed by atoms with Gasteiger partial charge in [0.1, 0.15) is 0 Å². The Morgan fingerprint density at radius 3 is 1.46 bits per heavy atom. The molecule has 0 aliphatic rings. The summed E-state index contributed by atoms with van der Waals surface area (Å²) in [5.41, 5.74) is 10.1. The zero-order valence-corrected chi connectivity index (χ0v) is 23.1. The number of aryl methyl sites for hydroxylation is 7. The van der Waals surface area contributed by atoms with Crippen molar-refractivity contribution >= 4 is 5.78 Å². The lowest BCUT2D eigenvalue weighted by molar-refractivity contribution is 0.0427. The van der Waals surface area contributed by atoms with Gasteiger partial charge < -0.3 is 0 Å². The van der Waals surface area contributed by atoms with Gasteiger partial charge in [0.15, 0.2) is 5.78 Å². The molecule has 0 atom stereocenters. The van der Waals surface area contributed by atoms with E-state index in [0.29, 0.717) is 0 Å². The van der Waals surface area contributed by atoms with Crippen molar-refractivity contribution in [3.8, 4) is 0 Å². The third-order valence-corrected chi connectivity index (χ3v) is 7.36. The lowest BCUT2D eigenvalue weighted by atomic mass is 9.94. The van der Waals surface area contributed by atoms with Gasteiger partial charge in [-0.05, 0) is 118 Å². The number of benzene rings is 4. The normalized spacial score (nSPS) is 11.1. The molecule has 0 heterocycles. The highest BCUT2D eigenvalue weighted by Crippen LogP contribution is 2.37. The first-order valence-corrected chi connectivity index (χ1v) is 12.5. The van der Waals surface area contributed by atoms with Gasteiger partial charge in [-0.25, -0.2) is 0 Å². The Bertz CT molecular complexity index is 1390. The van der Waals surface area contributed by atoms with E-state index in [1.165, 1.54) is 17.7 Å². The third-order valence-electron chi connectivity index (χ3n) is 7.36. The first kappa shape index (κ1) is 28.0. The number of ketones is 1. The van der Waals surface area contributed by atoms with Gasteiger partial charge in [-0.3, -0.25) is 4.79 Å². The van der Waals surface area contributed by atoms with Crippen LogP contribution in [0.3, 0.4) is 0 Å². The van der Waals surface area contributed by atoms with Crippen molar-refractivity contribution in [1.82, 2.24) is 0 Å². The summed E-state index contributed by atoms with van der Waals surface area (Å²) in [5.74, 6) is -2.84. The maximum atomic E-state index is 14.5. The molecule has 0 bridgehead atoms. The van der Waals surface area contributed by atoms with E-state index in [-0.39, 0.29) is 16.9 Å². The topological polar surface area (TPSA) is 17.1 Å². The molecule has 4 aromatic carbocycles. The maximum absolute atomic E-state index is 14.5. The number of hydrogen-bond donors (Lipinski definition) is 0. The van der Waals surface area contributed by atoms with Gasteiger partial charge in [-0.1, -0.05) is 54.6 Å².